The van der Waals surface area contributed by atoms with Gasteiger partial charge >= 0.3 is 6.18 Å². The molecule has 7 nitrogen and oxygen atoms in total. The summed E-state index contributed by atoms with van der Waals surface area (Å²) in [7, 11) is -3.84. The van der Waals surface area contributed by atoms with Crippen molar-refractivity contribution < 1.29 is 21.6 Å². The Bertz CT molecular complexity index is 1160. The standard InChI is InChI=1S/C22H22F3N5O2S/c23-22(24,25)18-8-6-17(7-9-18)16-33(31,32)28-19-14-26-21(27-15-19)30-12-10-29(11-13-30)20-4-2-1-3-5-20/h1-9,14-15,28H,10-13,16H2. The number of benzene rings is 2. The highest BCUT2D eigenvalue weighted by Gasteiger charge is 2.30. The molecule has 33 heavy (non-hydrogen) atoms. The van der Waals surface area contributed by atoms with E-state index in [1.54, 1.807) is 0 Å². The first-order valence-electron chi connectivity index (χ1n) is 10.2. The van der Waals surface area contributed by atoms with Gasteiger partial charge in [-0.2, -0.15) is 13.2 Å². The van der Waals surface area contributed by atoms with Crippen molar-refractivity contribution in [1.82, 2.24) is 9.97 Å². The molecule has 0 saturated carbocycles. The third-order valence-corrected chi connectivity index (χ3v) is 6.49. The minimum atomic E-state index is -4.47. The summed E-state index contributed by atoms with van der Waals surface area (Å²) < 4.78 is 65.2. The van der Waals surface area contributed by atoms with E-state index < -0.39 is 27.5 Å². The van der Waals surface area contributed by atoms with Crippen molar-refractivity contribution in [3.63, 3.8) is 0 Å². The zero-order chi connectivity index (χ0) is 23.5. The predicted molar refractivity (Wildman–Crippen MR) is 121 cm³/mol. The van der Waals surface area contributed by atoms with Crippen molar-refractivity contribution in [1.29, 1.82) is 0 Å². The van der Waals surface area contributed by atoms with E-state index in [2.05, 4.69) is 31.7 Å². The molecule has 0 radical (unpaired) electrons. The van der Waals surface area contributed by atoms with Crippen molar-refractivity contribution in [2.24, 2.45) is 0 Å². The molecule has 0 bridgehead atoms. The Kier molecular flexibility index (Phi) is 6.41. The monoisotopic (exact) mass is 477 g/mol. The van der Waals surface area contributed by atoms with Crippen LogP contribution in [0.1, 0.15) is 11.1 Å². The molecule has 1 fully saturated rings. The summed E-state index contributed by atoms with van der Waals surface area (Å²) in [5, 5.41) is 0. The van der Waals surface area contributed by atoms with E-state index in [0.29, 0.717) is 5.95 Å². The van der Waals surface area contributed by atoms with Crippen LogP contribution in [-0.2, 0) is 22.0 Å². The lowest BCUT2D eigenvalue weighted by molar-refractivity contribution is -0.137. The fourth-order valence-electron chi connectivity index (χ4n) is 3.57. The first kappa shape index (κ1) is 22.8. The number of para-hydroxylation sites is 1. The van der Waals surface area contributed by atoms with Crippen molar-refractivity contribution in [2.45, 2.75) is 11.9 Å². The number of nitrogens with one attached hydrogen (secondary N) is 1. The summed E-state index contributed by atoms with van der Waals surface area (Å²) in [6.45, 7) is 3.09. The second kappa shape index (κ2) is 9.26. The van der Waals surface area contributed by atoms with E-state index in [1.807, 2.05) is 23.1 Å². The molecule has 0 unspecified atom stereocenters. The van der Waals surface area contributed by atoms with Gasteiger partial charge in [0.2, 0.25) is 16.0 Å². The Balaban J connectivity index is 1.33. The van der Waals surface area contributed by atoms with Crippen LogP contribution in [0.5, 0.6) is 0 Å². The van der Waals surface area contributed by atoms with Crippen LogP contribution in [0.2, 0.25) is 0 Å². The zero-order valence-corrected chi connectivity index (χ0v) is 18.4. The van der Waals surface area contributed by atoms with Gasteiger partial charge in [-0.05, 0) is 29.8 Å². The first-order valence-corrected chi connectivity index (χ1v) is 11.9. The van der Waals surface area contributed by atoms with Crippen molar-refractivity contribution in [3.05, 3.63) is 78.1 Å². The lowest BCUT2D eigenvalue weighted by Gasteiger charge is -2.36. The summed E-state index contributed by atoms with van der Waals surface area (Å²) in [6, 6.07) is 14.1. The first-order chi connectivity index (χ1) is 15.7. The van der Waals surface area contributed by atoms with Gasteiger partial charge in [0.25, 0.3) is 0 Å². The number of anilines is 3. The number of alkyl halides is 3. The third kappa shape index (κ3) is 5.92. The van der Waals surface area contributed by atoms with E-state index in [-0.39, 0.29) is 11.3 Å². The highest BCUT2D eigenvalue weighted by atomic mass is 32.2. The van der Waals surface area contributed by atoms with Crippen molar-refractivity contribution >= 4 is 27.3 Å². The van der Waals surface area contributed by atoms with Crippen molar-refractivity contribution in [3.8, 4) is 0 Å². The Morgan fingerprint density at radius 3 is 2.00 bits per heavy atom. The number of rotatable bonds is 6. The Labute approximate surface area is 189 Å². The largest absolute Gasteiger partial charge is 0.416 e. The fraction of sp³-hybridized carbons (Fsp3) is 0.273. The molecule has 1 aliphatic rings. The highest BCUT2D eigenvalue weighted by molar-refractivity contribution is 7.91. The molecule has 0 amide bonds. The topological polar surface area (TPSA) is 78.4 Å². The molecule has 2 heterocycles. The van der Waals surface area contributed by atoms with Crippen LogP contribution in [0.4, 0.5) is 30.5 Å². The molecule has 1 aliphatic heterocycles. The fourth-order valence-corrected chi connectivity index (χ4v) is 4.73. The molecule has 1 N–H and O–H groups in total. The van der Waals surface area contributed by atoms with Gasteiger partial charge in [0, 0.05) is 31.9 Å². The van der Waals surface area contributed by atoms with Crippen LogP contribution in [0, 0.1) is 0 Å². The van der Waals surface area contributed by atoms with E-state index in [1.165, 1.54) is 12.4 Å². The van der Waals surface area contributed by atoms with Crippen LogP contribution >= 0.6 is 0 Å². The Morgan fingerprint density at radius 2 is 1.42 bits per heavy atom. The Morgan fingerprint density at radius 1 is 0.848 bits per heavy atom. The zero-order valence-electron chi connectivity index (χ0n) is 17.5. The third-order valence-electron chi connectivity index (χ3n) is 5.23. The number of hydrogen-bond acceptors (Lipinski definition) is 6. The van der Waals surface area contributed by atoms with Gasteiger partial charge in [-0.25, -0.2) is 18.4 Å². The van der Waals surface area contributed by atoms with Crippen LogP contribution in [0.15, 0.2) is 67.0 Å². The molecule has 11 heteroatoms. The lowest BCUT2D eigenvalue weighted by Crippen LogP contribution is -2.47. The van der Waals surface area contributed by atoms with E-state index >= 15 is 0 Å². The molecule has 0 spiro atoms. The molecule has 0 aliphatic carbocycles. The molecule has 4 rings (SSSR count). The minimum absolute atomic E-state index is 0.189. The predicted octanol–water partition coefficient (Wildman–Crippen LogP) is 3.76. The molecule has 1 aromatic heterocycles. The summed E-state index contributed by atoms with van der Waals surface area (Å²) in [5.74, 6) is 0.0438. The lowest BCUT2D eigenvalue weighted by atomic mass is 10.1. The average Bonchev–Trinajstić information content (AvgIpc) is 2.79. The SMILES string of the molecule is O=S(=O)(Cc1ccc(C(F)(F)F)cc1)Nc1cnc(N2CCN(c3ccccc3)CC2)nc1. The molecular formula is C22H22F3N5O2S. The van der Waals surface area contributed by atoms with Crippen LogP contribution in [0.3, 0.4) is 0 Å². The summed E-state index contributed by atoms with van der Waals surface area (Å²) >= 11 is 0. The number of hydrogen-bond donors (Lipinski definition) is 1. The normalized spacial score (nSPS) is 14.9. The van der Waals surface area contributed by atoms with E-state index in [4.69, 9.17) is 0 Å². The maximum Gasteiger partial charge on any atom is 0.416 e. The number of piperazine rings is 1. The summed E-state index contributed by atoms with van der Waals surface area (Å²) in [6.07, 6.45) is -1.70. The average molecular weight is 478 g/mol. The smallest absolute Gasteiger partial charge is 0.368 e. The number of aromatic nitrogens is 2. The highest BCUT2D eigenvalue weighted by Crippen LogP contribution is 2.29. The number of halogens is 3. The Hall–Kier alpha value is -3.34. The molecule has 1 saturated heterocycles. The van der Waals surface area contributed by atoms with Crippen LogP contribution in [-0.4, -0.2) is 44.6 Å². The second-order valence-electron chi connectivity index (χ2n) is 7.64. The van der Waals surface area contributed by atoms with Gasteiger partial charge in [-0.15, -0.1) is 0 Å². The van der Waals surface area contributed by atoms with E-state index in [0.717, 1.165) is 56.1 Å². The van der Waals surface area contributed by atoms with E-state index in [9.17, 15) is 21.6 Å². The maximum atomic E-state index is 12.7. The summed E-state index contributed by atoms with van der Waals surface area (Å²) in [4.78, 5) is 12.9. The second-order valence-corrected chi connectivity index (χ2v) is 9.36. The number of sulfonamides is 1. The summed E-state index contributed by atoms with van der Waals surface area (Å²) in [5.41, 5.74) is 0.763. The van der Waals surface area contributed by atoms with Gasteiger partial charge in [-0.3, -0.25) is 4.72 Å². The number of nitrogens with zero attached hydrogens (tertiary/aromatic N) is 4. The van der Waals surface area contributed by atoms with Gasteiger partial charge in [0.05, 0.1) is 29.4 Å². The molecule has 0 atom stereocenters. The van der Waals surface area contributed by atoms with Gasteiger partial charge < -0.3 is 9.80 Å². The molecule has 2 aromatic carbocycles. The van der Waals surface area contributed by atoms with Gasteiger partial charge in [0.1, 0.15) is 0 Å². The quantitative estimate of drug-likeness (QED) is 0.583. The maximum absolute atomic E-state index is 12.7. The van der Waals surface area contributed by atoms with Crippen molar-refractivity contribution in [2.75, 3.05) is 40.7 Å². The molecular weight excluding hydrogens is 455 g/mol. The van der Waals surface area contributed by atoms with Crippen LogP contribution < -0.4 is 14.5 Å². The molecule has 174 valence electrons. The molecule has 3 aromatic rings. The van der Waals surface area contributed by atoms with Gasteiger partial charge in [0.15, 0.2) is 0 Å². The van der Waals surface area contributed by atoms with Gasteiger partial charge in [-0.1, -0.05) is 30.3 Å². The minimum Gasteiger partial charge on any atom is -0.368 e. The van der Waals surface area contributed by atoms with Crippen LogP contribution in [0.25, 0.3) is 0 Å².